The van der Waals surface area contributed by atoms with E-state index in [9.17, 15) is 9.90 Å². The first-order valence-corrected chi connectivity index (χ1v) is 6.01. The quantitative estimate of drug-likeness (QED) is 0.684. The Labute approximate surface area is 108 Å². The minimum Gasteiger partial charge on any atom is -0.396 e. The molecule has 4 heteroatoms. The summed E-state index contributed by atoms with van der Waals surface area (Å²) in [6.07, 6.45) is 1.53. The van der Waals surface area contributed by atoms with Crippen molar-refractivity contribution in [1.29, 1.82) is 5.41 Å². The number of nitrogens with one attached hydrogen (secondary N) is 2. The summed E-state index contributed by atoms with van der Waals surface area (Å²) < 4.78 is 0. The molecule has 0 saturated carbocycles. The predicted molar refractivity (Wildman–Crippen MR) is 71.8 cm³/mol. The van der Waals surface area contributed by atoms with Gasteiger partial charge in [0.15, 0.2) is 0 Å². The molecule has 1 aliphatic rings. The van der Waals surface area contributed by atoms with Gasteiger partial charge in [-0.2, -0.15) is 0 Å². The van der Waals surface area contributed by atoms with Crippen LogP contribution in [0.2, 0.25) is 0 Å². The van der Waals surface area contributed by atoms with E-state index in [0.29, 0.717) is 0 Å². The number of hydrogen-bond donors (Lipinski definition) is 3. The smallest absolute Gasteiger partial charge is 0.223 e. The Hall–Kier alpha value is -1.68. The van der Waals surface area contributed by atoms with Gasteiger partial charge in [0.2, 0.25) is 5.91 Å². The monoisotopic (exact) mass is 248 g/mol. The van der Waals surface area contributed by atoms with Crippen LogP contribution in [0.25, 0.3) is 0 Å². The summed E-state index contributed by atoms with van der Waals surface area (Å²) in [5, 5.41) is 17.5. The molecule has 18 heavy (non-hydrogen) atoms. The van der Waals surface area contributed by atoms with Gasteiger partial charge in [0.1, 0.15) is 0 Å². The van der Waals surface area contributed by atoms with E-state index in [4.69, 9.17) is 5.41 Å². The molecular weight excluding hydrogens is 228 g/mol. The molecule has 0 fully saturated rings. The highest BCUT2D eigenvalue weighted by Crippen LogP contribution is 2.30. The summed E-state index contributed by atoms with van der Waals surface area (Å²) in [4.78, 5) is 11.7. The lowest BCUT2D eigenvalue weighted by atomic mass is 9.76. The van der Waals surface area contributed by atoms with Crippen molar-refractivity contribution in [2.75, 3.05) is 13.7 Å². The van der Waals surface area contributed by atoms with Crippen LogP contribution in [0.5, 0.6) is 0 Å². The fourth-order valence-corrected chi connectivity index (χ4v) is 2.47. The van der Waals surface area contributed by atoms with Gasteiger partial charge < -0.3 is 15.8 Å². The first kappa shape index (κ1) is 14.4. The fourth-order valence-electron chi connectivity index (χ4n) is 2.47. The van der Waals surface area contributed by atoms with Gasteiger partial charge in [0.25, 0.3) is 0 Å². The van der Waals surface area contributed by atoms with E-state index in [-0.39, 0.29) is 24.3 Å². The number of fused-ring (bicyclic) bond motifs is 1. The summed E-state index contributed by atoms with van der Waals surface area (Å²) in [5.74, 6) is -0.00620. The number of rotatable bonds is 2. The molecule has 1 aromatic carbocycles. The van der Waals surface area contributed by atoms with Gasteiger partial charge in [-0.05, 0) is 36.6 Å². The Bertz CT molecular complexity index is 407. The van der Waals surface area contributed by atoms with Crippen LogP contribution < -0.4 is 5.32 Å². The Morgan fingerprint density at radius 1 is 1.39 bits per heavy atom. The van der Waals surface area contributed by atoms with Crippen LogP contribution in [-0.2, 0) is 17.6 Å². The molecule has 0 bridgehead atoms. The molecule has 0 radical (unpaired) electrons. The van der Waals surface area contributed by atoms with Crippen molar-refractivity contribution in [3.05, 3.63) is 35.4 Å². The van der Waals surface area contributed by atoms with E-state index in [2.05, 4.69) is 24.2 Å². The molecule has 0 aromatic heterocycles. The average molecular weight is 248 g/mol. The summed E-state index contributed by atoms with van der Waals surface area (Å²) in [5.41, 5.74) is 2.50. The Balaban J connectivity index is 0.000000771. The summed E-state index contributed by atoms with van der Waals surface area (Å²) in [7, 11) is 1.65. The zero-order valence-electron chi connectivity index (χ0n) is 10.6. The van der Waals surface area contributed by atoms with Crippen molar-refractivity contribution < 1.29 is 9.90 Å². The van der Waals surface area contributed by atoms with Gasteiger partial charge in [0.05, 0.1) is 0 Å². The van der Waals surface area contributed by atoms with Crippen molar-refractivity contribution in [1.82, 2.24) is 5.32 Å². The maximum absolute atomic E-state index is 11.7. The lowest BCUT2D eigenvalue weighted by Crippen LogP contribution is -2.39. The molecule has 4 nitrogen and oxygen atoms in total. The first-order chi connectivity index (χ1) is 8.76. The molecule has 1 aromatic rings. The zero-order chi connectivity index (χ0) is 13.5. The molecule has 2 rings (SSSR count). The van der Waals surface area contributed by atoms with Crippen LogP contribution in [0.4, 0.5) is 0 Å². The summed E-state index contributed by atoms with van der Waals surface area (Å²) >= 11 is 0. The Morgan fingerprint density at radius 3 is 2.44 bits per heavy atom. The molecule has 2 unspecified atom stereocenters. The topological polar surface area (TPSA) is 73.2 Å². The van der Waals surface area contributed by atoms with Crippen LogP contribution >= 0.6 is 0 Å². The van der Waals surface area contributed by atoms with Crippen LogP contribution in [-0.4, -0.2) is 31.4 Å². The third-order valence-electron chi connectivity index (χ3n) is 3.43. The van der Waals surface area contributed by atoms with Crippen LogP contribution in [0.3, 0.4) is 0 Å². The van der Waals surface area contributed by atoms with Crippen molar-refractivity contribution in [3.8, 4) is 0 Å². The predicted octanol–water partition coefficient (Wildman–Crippen LogP) is 1.02. The maximum Gasteiger partial charge on any atom is 0.223 e. The second-order valence-corrected chi connectivity index (χ2v) is 4.34. The van der Waals surface area contributed by atoms with Crippen molar-refractivity contribution in [2.24, 2.45) is 11.8 Å². The van der Waals surface area contributed by atoms with E-state index < -0.39 is 0 Å². The highest BCUT2D eigenvalue weighted by Gasteiger charge is 2.32. The Morgan fingerprint density at radius 2 is 1.94 bits per heavy atom. The Kier molecular flexibility index (Phi) is 5.52. The molecule has 1 aliphatic carbocycles. The van der Waals surface area contributed by atoms with E-state index >= 15 is 0 Å². The van der Waals surface area contributed by atoms with Gasteiger partial charge in [0, 0.05) is 19.6 Å². The molecule has 2 atom stereocenters. The number of carbonyl (C=O) groups is 1. The zero-order valence-corrected chi connectivity index (χ0v) is 10.6. The van der Waals surface area contributed by atoms with Crippen molar-refractivity contribution in [2.45, 2.75) is 12.8 Å². The average Bonchev–Trinajstić information content (AvgIpc) is 2.47. The minimum atomic E-state index is -0.0927. The number of amides is 1. The molecule has 98 valence electrons. The summed E-state index contributed by atoms with van der Waals surface area (Å²) in [6.45, 7) is 2.58. The second kappa shape index (κ2) is 6.91. The van der Waals surface area contributed by atoms with Gasteiger partial charge >= 0.3 is 0 Å². The molecular formula is C14H20N2O2. The third-order valence-corrected chi connectivity index (χ3v) is 3.43. The summed E-state index contributed by atoms with van der Waals surface area (Å²) in [6, 6.07) is 8.16. The molecule has 0 spiro atoms. The van der Waals surface area contributed by atoms with Crippen LogP contribution in [0.15, 0.2) is 24.3 Å². The molecule has 3 N–H and O–H groups in total. The number of aliphatic hydroxyl groups is 1. The lowest BCUT2D eigenvalue weighted by Gasteiger charge is -2.30. The van der Waals surface area contributed by atoms with Gasteiger partial charge in [-0.3, -0.25) is 4.79 Å². The lowest BCUT2D eigenvalue weighted by molar-refractivity contribution is -0.127. The van der Waals surface area contributed by atoms with E-state index in [1.54, 1.807) is 7.05 Å². The number of aliphatic hydroxyl groups excluding tert-OH is 1. The molecule has 0 aliphatic heterocycles. The van der Waals surface area contributed by atoms with Gasteiger partial charge in [-0.25, -0.2) is 0 Å². The third kappa shape index (κ3) is 2.96. The van der Waals surface area contributed by atoms with Gasteiger partial charge in [-0.1, -0.05) is 24.3 Å². The number of hydrogen-bond acceptors (Lipinski definition) is 3. The second-order valence-electron chi connectivity index (χ2n) is 4.34. The normalized spacial score (nSPS) is 21.2. The highest BCUT2D eigenvalue weighted by molar-refractivity contribution is 5.79. The first-order valence-electron chi connectivity index (χ1n) is 6.01. The molecule has 0 saturated heterocycles. The highest BCUT2D eigenvalue weighted by atomic mass is 16.3. The van der Waals surface area contributed by atoms with E-state index in [1.807, 2.05) is 12.1 Å². The fraction of sp³-hybridized carbons (Fsp3) is 0.429. The maximum atomic E-state index is 11.7. The van der Waals surface area contributed by atoms with Crippen LogP contribution in [0, 0.1) is 17.2 Å². The van der Waals surface area contributed by atoms with Crippen molar-refractivity contribution in [3.63, 3.8) is 0 Å². The van der Waals surface area contributed by atoms with Crippen molar-refractivity contribution >= 4 is 12.6 Å². The number of benzene rings is 1. The standard InChI is InChI=1S/C13H17NO2.CH3N/c1-14-13(16)12-7-10-5-3-2-4-9(10)6-11(12)8-15;1-2/h2-5,11-12,15H,6-8H2,1H3,(H,14,16);2H,1H2. The van der Waals surface area contributed by atoms with E-state index in [0.717, 1.165) is 12.8 Å². The van der Waals surface area contributed by atoms with Crippen LogP contribution in [0.1, 0.15) is 11.1 Å². The van der Waals surface area contributed by atoms with E-state index in [1.165, 1.54) is 11.1 Å². The minimum absolute atomic E-state index is 0.0357. The van der Waals surface area contributed by atoms with Gasteiger partial charge in [-0.15, -0.1) is 0 Å². The SMILES string of the molecule is C=N.CNC(=O)C1Cc2ccccc2CC1CO. The largest absolute Gasteiger partial charge is 0.396 e. The molecule has 1 amide bonds. The number of carbonyl (C=O) groups excluding carboxylic acids is 1. The molecule has 0 heterocycles.